The van der Waals surface area contributed by atoms with E-state index in [4.69, 9.17) is 22.9 Å². The number of likely N-dealkylation sites (tertiary alicyclic amines) is 1. The molecule has 0 radical (unpaired) electrons. The topological polar surface area (TPSA) is 460 Å². The van der Waals surface area contributed by atoms with Crippen LogP contribution in [-0.2, 0) is 59.2 Å². The summed E-state index contributed by atoms with van der Waals surface area (Å²) in [6.45, 7) is 9.52. The Balaban J connectivity index is 1.89. The van der Waals surface area contributed by atoms with E-state index < -0.39 is 138 Å². The molecule has 0 aliphatic carbocycles. The predicted molar refractivity (Wildman–Crippen MR) is 294 cm³/mol. The maximum Gasteiger partial charge on any atom is 0.325 e. The number of nitrogens with two attached hydrogens (primary N) is 4. The zero-order valence-electron chi connectivity index (χ0n) is 46.4. The summed E-state index contributed by atoms with van der Waals surface area (Å²) in [5, 5.41) is 40.5. The van der Waals surface area contributed by atoms with Gasteiger partial charge in [-0.25, -0.2) is 0 Å². The van der Waals surface area contributed by atoms with Crippen molar-refractivity contribution in [2.45, 2.75) is 167 Å². The number of benzene rings is 1. The van der Waals surface area contributed by atoms with Crippen LogP contribution in [0, 0.1) is 11.8 Å². The van der Waals surface area contributed by atoms with Gasteiger partial charge < -0.3 is 85.6 Å². The molecule has 9 amide bonds. The van der Waals surface area contributed by atoms with Gasteiger partial charge in [0, 0.05) is 36.6 Å². The molecule has 1 aliphatic heterocycles. The number of aromatic amines is 1. The summed E-state index contributed by atoms with van der Waals surface area (Å²) < 4.78 is 0. The Hall–Kier alpha value is -7.88. The second kappa shape index (κ2) is 32.9. The molecule has 1 aliphatic rings. The molecule has 0 unspecified atom stereocenters. The van der Waals surface area contributed by atoms with E-state index in [1.807, 2.05) is 18.2 Å². The number of carboxylic acids is 2. The largest absolute Gasteiger partial charge is 0.481 e. The van der Waals surface area contributed by atoms with Crippen molar-refractivity contribution in [2.24, 2.45) is 39.8 Å². The number of carbonyl (C=O) groups excluding carboxylic acids is 9. The van der Waals surface area contributed by atoms with E-state index in [2.05, 4.69) is 52.5 Å². The summed E-state index contributed by atoms with van der Waals surface area (Å²) in [4.78, 5) is 156. The van der Waals surface area contributed by atoms with Crippen LogP contribution in [0.4, 0.5) is 0 Å². The maximum absolute atomic E-state index is 14.4. The molecule has 444 valence electrons. The fourth-order valence-corrected chi connectivity index (χ4v) is 8.91. The molecular formula is C52H83N15O13. The number of unbranched alkanes of at least 4 members (excludes halogenated alkanes) is 1. The van der Waals surface area contributed by atoms with Gasteiger partial charge in [0.15, 0.2) is 5.96 Å². The molecule has 0 spiro atoms. The summed E-state index contributed by atoms with van der Waals surface area (Å²) in [6, 6.07) is -4.50. The molecule has 0 saturated carbocycles. The van der Waals surface area contributed by atoms with Gasteiger partial charge in [0.05, 0.1) is 13.0 Å². The third kappa shape index (κ3) is 21.1. The molecular weight excluding hydrogens is 1040 g/mol. The minimum absolute atomic E-state index is 0.0365. The zero-order valence-corrected chi connectivity index (χ0v) is 46.4. The first-order valence-corrected chi connectivity index (χ1v) is 27.0. The first-order chi connectivity index (χ1) is 37.8. The van der Waals surface area contributed by atoms with Crippen LogP contribution in [0.1, 0.15) is 111 Å². The molecule has 1 saturated heterocycles. The van der Waals surface area contributed by atoms with Gasteiger partial charge >= 0.3 is 11.9 Å². The van der Waals surface area contributed by atoms with Gasteiger partial charge in [0.2, 0.25) is 53.2 Å². The SMILES string of the molecule is CC[C@H](C)[C@H](NC(=O)[C@H](Cc1c[nH]c2ccccc12)NC(=O)[C@H](CCCCN)NC(=O)[C@H](C)NC(=O)[C@H](CCCN=C(N)N)NC(=O)[C@H](CC(C)C)NC(=O)[C@@H]1CCCN1C(=O)[C@H](CC(=O)O)NC(=O)CN)C(=O)N[C@@H](C)C(=O)O. The Morgan fingerprint density at radius 1 is 0.700 bits per heavy atom. The van der Waals surface area contributed by atoms with Crippen LogP contribution in [0.5, 0.6) is 0 Å². The molecule has 1 aromatic carbocycles. The first-order valence-electron chi connectivity index (χ1n) is 27.0. The lowest BCUT2D eigenvalue weighted by molar-refractivity contribution is -0.146. The Bertz CT molecular complexity index is 2520. The van der Waals surface area contributed by atoms with Crippen molar-refractivity contribution < 1.29 is 63.0 Å². The number of fused-ring (bicyclic) bond motifs is 1. The van der Waals surface area contributed by atoms with Crippen molar-refractivity contribution in [3.05, 3.63) is 36.0 Å². The van der Waals surface area contributed by atoms with Gasteiger partial charge in [-0.1, -0.05) is 52.3 Å². The number of amides is 9. The van der Waals surface area contributed by atoms with E-state index in [1.165, 1.54) is 13.8 Å². The number of aromatic nitrogens is 1. The summed E-state index contributed by atoms with van der Waals surface area (Å²) >= 11 is 0. The standard InChI is InChI=1S/C52H83N15O13/c1-7-28(4)42(49(77)60-30(6)51(79)80)66-47(75)37(23-31-26-58-33-15-9-8-14-32(31)33)64-45(73)34(16-10-11-19-53)62-43(71)29(5)59-44(72)35(17-12-20-57-52(55)56)63-46(74)36(22-27(2)3)65-48(76)39-18-13-21-67(39)50(78)38(24-41(69)70)61-40(68)25-54/h8-9,14-15,26-30,34-39,42,58H,7,10-13,16-25,53-54H2,1-6H3,(H,59,72)(H,60,77)(H,61,68)(H,62,71)(H,63,74)(H,64,73)(H,65,76)(H,66,75)(H,69,70)(H,79,80)(H4,55,56,57)/t28-,29-,30-,34-,35-,36-,37-,38-,39-,42-/m0/s1. The monoisotopic (exact) mass is 1130 g/mol. The molecule has 1 aromatic heterocycles. The van der Waals surface area contributed by atoms with Crippen LogP contribution in [-0.4, -0.2) is 172 Å². The molecule has 2 aromatic rings. The number of nitrogens with one attached hydrogen (secondary N) is 9. The van der Waals surface area contributed by atoms with E-state index in [-0.39, 0.29) is 70.0 Å². The first kappa shape index (κ1) is 66.4. The van der Waals surface area contributed by atoms with E-state index in [0.29, 0.717) is 31.2 Å². The Morgan fingerprint density at radius 2 is 1.30 bits per heavy atom. The Morgan fingerprint density at radius 3 is 1.91 bits per heavy atom. The van der Waals surface area contributed by atoms with Crippen molar-refractivity contribution in [2.75, 3.05) is 26.2 Å². The minimum atomic E-state index is -1.52. The fraction of sp³-hybridized carbons (Fsp3) is 0.615. The van der Waals surface area contributed by atoms with Gasteiger partial charge in [0.25, 0.3) is 0 Å². The number of nitrogens with zero attached hydrogens (tertiary/aromatic N) is 2. The molecule has 28 heteroatoms. The fourth-order valence-electron chi connectivity index (χ4n) is 8.91. The van der Waals surface area contributed by atoms with Crippen LogP contribution >= 0.6 is 0 Å². The second-order valence-electron chi connectivity index (χ2n) is 20.5. The quantitative estimate of drug-likeness (QED) is 0.0194. The molecule has 28 nitrogen and oxygen atoms in total. The second-order valence-corrected chi connectivity index (χ2v) is 20.5. The minimum Gasteiger partial charge on any atom is -0.481 e. The average molecular weight is 1130 g/mol. The Kier molecular flexibility index (Phi) is 27.3. The van der Waals surface area contributed by atoms with Crippen LogP contribution < -0.4 is 65.5 Å². The lowest BCUT2D eigenvalue weighted by Crippen LogP contribution is -2.60. The van der Waals surface area contributed by atoms with Crippen LogP contribution in [0.15, 0.2) is 35.5 Å². The number of carboxylic acid groups (broad SMARTS) is 2. The molecule has 19 N–H and O–H groups in total. The van der Waals surface area contributed by atoms with E-state index in [1.54, 1.807) is 40.0 Å². The molecule has 1 fully saturated rings. The van der Waals surface area contributed by atoms with Crippen molar-refractivity contribution in [3.63, 3.8) is 0 Å². The summed E-state index contributed by atoms with van der Waals surface area (Å²) in [5.74, 6) is -10.7. The number of guanidine groups is 1. The van der Waals surface area contributed by atoms with Gasteiger partial charge in [-0.15, -0.1) is 0 Å². The predicted octanol–water partition coefficient (Wildman–Crippen LogP) is -2.59. The maximum atomic E-state index is 14.4. The molecule has 10 atom stereocenters. The highest BCUT2D eigenvalue weighted by atomic mass is 16.4. The molecule has 3 rings (SSSR count). The summed E-state index contributed by atoms with van der Waals surface area (Å²) in [6.07, 6.45) is 2.70. The molecule has 0 bridgehead atoms. The number of hydrogen-bond acceptors (Lipinski definition) is 14. The number of H-pyrrole nitrogens is 1. The lowest BCUT2D eigenvalue weighted by Gasteiger charge is -2.30. The lowest BCUT2D eigenvalue weighted by atomic mass is 9.96. The van der Waals surface area contributed by atoms with Gasteiger partial charge in [-0.3, -0.25) is 57.7 Å². The summed E-state index contributed by atoms with van der Waals surface area (Å²) in [7, 11) is 0. The molecule has 80 heavy (non-hydrogen) atoms. The number of rotatable bonds is 34. The van der Waals surface area contributed by atoms with E-state index >= 15 is 0 Å². The summed E-state index contributed by atoms with van der Waals surface area (Å²) in [5.41, 5.74) is 23.6. The van der Waals surface area contributed by atoms with Crippen molar-refractivity contribution in [1.29, 1.82) is 0 Å². The van der Waals surface area contributed by atoms with Crippen molar-refractivity contribution >= 4 is 82.0 Å². The highest BCUT2D eigenvalue weighted by molar-refractivity contribution is 5.99. The third-order valence-corrected chi connectivity index (χ3v) is 13.5. The third-order valence-electron chi connectivity index (χ3n) is 13.5. The zero-order chi connectivity index (χ0) is 59.8. The smallest absolute Gasteiger partial charge is 0.325 e. The van der Waals surface area contributed by atoms with Crippen molar-refractivity contribution in [1.82, 2.24) is 52.4 Å². The number of aliphatic imine (C=N–C) groups is 1. The van der Waals surface area contributed by atoms with Gasteiger partial charge in [-0.05, 0) is 95.2 Å². The van der Waals surface area contributed by atoms with Gasteiger partial charge in [-0.2, -0.15) is 0 Å². The van der Waals surface area contributed by atoms with E-state index in [9.17, 15) is 63.0 Å². The molecule has 2 heterocycles. The number of hydrogen-bond donors (Lipinski definition) is 15. The highest BCUT2D eigenvalue weighted by Crippen LogP contribution is 2.22. The van der Waals surface area contributed by atoms with Crippen LogP contribution in [0.2, 0.25) is 0 Å². The number of carbonyl (C=O) groups is 11. The Labute approximate surface area is 464 Å². The van der Waals surface area contributed by atoms with E-state index in [0.717, 1.165) is 15.8 Å². The highest BCUT2D eigenvalue weighted by Gasteiger charge is 2.40. The van der Waals surface area contributed by atoms with Crippen LogP contribution in [0.25, 0.3) is 10.9 Å². The number of aliphatic carboxylic acids is 2. The van der Waals surface area contributed by atoms with Gasteiger partial charge in [0.1, 0.15) is 54.4 Å². The normalized spacial score (nSPS) is 16.5. The average Bonchev–Trinajstić information content (AvgIpc) is 4.07. The van der Waals surface area contributed by atoms with Crippen molar-refractivity contribution in [3.8, 4) is 0 Å². The van der Waals surface area contributed by atoms with Crippen LogP contribution in [0.3, 0.4) is 0 Å². The number of para-hydroxylation sites is 1.